The summed E-state index contributed by atoms with van der Waals surface area (Å²) >= 11 is 0. The Morgan fingerprint density at radius 3 is 1.36 bits per heavy atom. The average Bonchev–Trinajstić information content (AvgIpc) is 3.83. The van der Waals surface area contributed by atoms with Gasteiger partial charge in [-0.3, -0.25) is 0 Å². The van der Waals surface area contributed by atoms with E-state index in [1.807, 2.05) is 12.1 Å². The molecule has 13 rings (SSSR count). The number of benzene rings is 12. The molecule has 0 bridgehead atoms. The molecule has 0 fully saturated rings. The molecule has 0 aliphatic rings. The van der Waals surface area contributed by atoms with Crippen LogP contribution in [0.3, 0.4) is 0 Å². The van der Waals surface area contributed by atoms with Gasteiger partial charge >= 0.3 is 0 Å². The molecule has 1 aromatic heterocycles. The van der Waals surface area contributed by atoms with Crippen LogP contribution in [0.1, 0.15) is 0 Å². The SMILES string of the molecule is c1ccc(-c2cc(-c3ccccc3)cc(N(c3ccc(-c4cccc5c4oc4ccccc45)cc3)c3cccc(-c4ccc5c(c4)c(-c4ccccc4)c(-c4ccccc4)c4ccccc45)c3)c2)cc1. The number of para-hydroxylation sites is 2. The van der Waals surface area contributed by atoms with Crippen molar-refractivity contribution in [3.05, 3.63) is 273 Å². The molecule has 0 N–H and O–H groups in total. The molecule has 2 heteroatoms. The summed E-state index contributed by atoms with van der Waals surface area (Å²) in [7, 11) is 0. The highest BCUT2D eigenvalue weighted by Crippen LogP contribution is 2.47. The standard InChI is InChI=1S/C68H45NO/c1-5-19-46(20-6-1)53-41-54(47-21-7-2-8-22-47)44-57(43-53)69(55-38-35-48(36-39-55)58-32-18-33-63-61-30-15-16-34-65(61)70-68(58)63)56-28-17-27-51(42-56)52-37-40-60-59-29-13-14-31-62(59)66(49-23-9-3-10-24-49)67(64(60)45-52)50-25-11-4-12-26-50/h1-45H. The maximum atomic E-state index is 6.52. The first-order valence-corrected chi connectivity index (χ1v) is 24.0. The van der Waals surface area contributed by atoms with E-state index >= 15 is 0 Å². The van der Waals surface area contributed by atoms with E-state index in [1.54, 1.807) is 0 Å². The van der Waals surface area contributed by atoms with E-state index in [4.69, 9.17) is 4.42 Å². The molecule has 0 saturated heterocycles. The van der Waals surface area contributed by atoms with E-state index in [2.05, 4.69) is 266 Å². The fraction of sp³-hybridized carbons (Fsp3) is 0. The van der Waals surface area contributed by atoms with Gasteiger partial charge in [0, 0.05) is 33.4 Å². The summed E-state index contributed by atoms with van der Waals surface area (Å²) in [6.45, 7) is 0. The predicted molar refractivity (Wildman–Crippen MR) is 296 cm³/mol. The molecular formula is C68H45NO. The molecule has 0 aliphatic carbocycles. The third-order valence-corrected chi connectivity index (χ3v) is 13.8. The van der Waals surface area contributed by atoms with Crippen molar-refractivity contribution in [2.45, 2.75) is 0 Å². The minimum Gasteiger partial charge on any atom is -0.455 e. The molecule has 2 nitrogen and oxygen atoms in total. The highest BCUT2D eigenvalue weighted by molar-refractivity contribution is 6.22. The van der Waals surface area contributed by atoms with Gasteiger partial charge in [0.1, 0.15) is 11.2 Å². The zero-order valence-corrected chi connectivity index (χ0v) is 38.3. The van der Waals surface area contributed by atoms with Gasteiger partial charge in [-0.25, -0.2) is 0 Å². The Kier molecular flexibility index (Phi) is 10.2. The zero-order chi connectivity index (χ0) is 46.4. The summed E-state index contributed by atoms with van der Waals surface area (Å²) in [5.41, 5.74) is 18.9. The first-order valence-electron chi connectivity index (χ1n) is 24.0. The molecular weight excluding hydrogens is 847 g/mol. The maximum absolute atomic E-state index is 6.52. The Hall–Kier alpha value is -9.24. The monoisotopic (exact) mass is 891 g/mol. The zero-order valence-electron chi connectivity index (χ0n) is 38.3. The number of anilines is 3. The number of nitrogens with zero attached hydrogens (tertiary/aromatic N) is 1. The molecule has 328 valence electrons. The maximum Gasteiger partial charge on any atom is 0.143 e. The first kappa shape index (κ1) is 41.0. The topological polar surface area (TPSA) is 16.4 Å². The normalized spacial score (nSPS) is 11.4. The molecule has 0 amide bonds. The van der Waals surface area contributed by atoms with E-state index in [-0.39, 0.29) is 0 Å². The summed E-state index contributed by atoms with van der Waals surface area (Å²) in [4.78, 5) is 2.41. The minimum atomic E-state index is 0.896. The van der Waals surface area contributed by atoms with Gasteiger partial charge in [-0.2, -0.15) is 0 Å². The molecule has 12 aromatic carbocycles. The van der Waals surface area contributed by atoms with Gasteiger partial charge in [0.05, 0.1) is 0 Å². The van der Waals surface area contributed by atoms with Gasteiger partial charge in [-0.1, -0.05) is 218 Å². The van der Waals surface area contributed by atoms with Crippen molar-refractivity contribution < 1.29 is 4.42 Å². The Morgan fingerprint density at radius 1 is 0.229 bits per heavy atom. The van der Waals surface area contributed by atoms with Crippen molar-refractivity contribution >= 4 is 60.5 Å². The van der Waals surface area contributed by atoms with Gasteiger partial charge in [-0.15, -0.1) is 0 Å². The van der Waals surface area contributed by atoms with E-state index in [0.29, 0.717) is 0 Å². The van der Waals surface area contributed by atoms with E-state index in [9.17, 15) is 0 Å². The number of hydrogen-bond acceptors (Lipinski definition) is 2. The van der Waals surface area contributed by atoms with Crippen LogP contribution in [0.15, 0.2) is 277 Å². The Labute approximate surface area is 407 Å². The second-order valence-corrected chi connectivity index (χ2v) is 18.0. The Bertz CT molecular complexity index is 3970. The summed E-state index contributed by atoms with van der Waals surface area (Å²) < 4.78 is 6.52. The Morgan fingerprint density at radius 2 is 0.700 bits per heavy atom. The first-order chi connectivity index (χ1) is 34.7. The fourth-order valence-electron chi connectivity index (χ4n) is 10.6. The second-order valence-electron chi connectivity index (χ2n) is 18.0. The molecule has 0 spiro atoms. The van der Waals surface area contributed by atoms with Crippen LogP contribution in [0.5, 0.6) is 0 Å². The highest BCUT2D eigenvalue weighted by atomic mass is 16.3. The lowest BCUT2D eigenvalue weighted by Crippen LogP contribution is -2.10. The number of furan rings is 1. The lowest BCUT2D eigenvalue weighted by atomic mass is 9.84. The van der Waals surface area contributed by atoms with Crippen molar-refractivity contribution in [2.75, 3.05) is 4.90 Å². The molecule has 0 unspecified atom stereocenters. The summed E-state index contributed by atoms with van der Waals surface area (Å²) in [5.74, 6) is 0. The number of rotatable bonds is 9. The van der Waals surface area contributed by atoms with Crippen molar-refractivity contribution in [2.24, 2.45) is 0 Å². The minimum absolute atomic E-state index is 0.896. The van der Waals surface area contributed by atoms with Gasteiger partial charge in [0.25, 0.3) is 0 Å². The fourth-order valence-corrected chi connectivity index (χ4v) is 10.6. The van der Waals surface area contributed by atoms with E-state index in [1.165, 1.54) is 43.8 Å². The summed E-state index contributed by atoms with van der Waals surface area (Å²) in [5, 5.41) is 7.20. The Balaban J connectivity index is 1.01. The van der Waals surface area contributed by atoms with Crippen LogP contribution in [0.25, 0.3) is 110 Å². The molecule has 70 heavy (non-hydrogen) atoms. The van der Waals surface area contributed by atoms with Gasteiger partial charge < -0.3 is 9.32 Å². The van der Waals surface area contributed by atoms with Crippen LogP contribution >= 0.6 is 0 Å². The van der Waals surface area contributed by atoms with Crippen LogP contribution in [-0.4, -0.2) is 0 Å². The molecule has 0 radical (unpaired) electrons. The van der Waals surface area contributed by atoms with Crippen LogP contribution in [-0.2, 0) is 0 Å². The van der Waals surface area contributed by atoms with E-state index in [0.717, 1.165) is 83.5 Å². The van der Waals surface area contributed by atoms with Crippen molar-refractivity contribution in [3.63, 3.8) is 0 Å². The molecule has 0 saturated carbocycles. The van der Waals surface area contributed by atoms with Crippen LogP contribution < -0.4 is 4.90 Å². The van der Waals surface area contributed by atoms with Crippen molar-refractivity contribution in [3.8, 4) is 66.8 Å². The second kappa shape index (κ2) is 17.4. The van der Waals surface area contributed by atoms with Gasteiger partial charge in [0.15, 0.2) is 0 Å². The predicted octanol–water partition coefficient (Wildman–Crippen LogP) is 19.4. The smallest absolute Gasteiger partial charge is 0.143 e. The highest BCUT2D eigenvalue weighted by Gasteiger charge is 2.21. The largest absolute Gasteiger partial charge is 0.455 e. The quantitative estimate of drug-likeness (QED) is 0.134. The van der Waals surface area contributed by atoms with Gasteiger partial charge in [0.2, 0.25) is 0 Å². The third kappa shape index (κ3) is 7.31. The lowest BCUT2D eigenvalue weighted by Gasteiger charge is -2.27. The third-order valence-electron chi connectivity index (χ3n) is 13.8. The average molecular weight is 892 g/mol. The molecule has 0 aliphatic heterocycles. The summed E-state index contributed by atoms with van der Waals surface area (Å²) in [6.07, 6.45) is 0. The molecule has 1 heterocycles. The number of hydrogen-bond donors (Lipinski definition) is 0. The summed E-state index contributed by atoms with van der Waals surface area (Å²) in [6, 6.07) is 98.8. The lowest BCUT2D eigenvalue weighted by molar-refractivity contribution is 0.670. The van der Waals surface area contributed by atoms with Crippen molar-refractivity contribution in [1.82, 2.24) is 0 Å². The van der Waals surface area contributed by atoms with Crippen LogP contribution in [0.4, 0.5) is 17.1 Å². The van der Waals surface area contributed by atoms with Gasteiger partial charge in [-0.05, 0) is 137 Å². The molecule has 13 aromatic rings. The van der Waals surface area contributed by atoms with Crippen molar-refractivity contribution in [1.29, 1.82) is 0 Å². The van der Waals surface area contributed by atoms with Crippen LogP contribution in [0.2, 0.25) is 0 Å². The van der Waals surface area contributed by atoms with E-state index < -0.39 is 0 Å². The molecule has 0 atom stereocenters. The van der Waals surface area contributed by atoms with Crippen LogP contribution in [0, 0.1) is 0 Å². The number of fused-ring (bicyclic) bond motifs is 6.